The number of esters is 1. The molecule has 2 atom stereocenters. The minimum absolute atomic E-state index is 0.00758. The Bertz CT molecular complexity index is 1290. The molecule has 0 radical (unpaired) electrons. The van der Waals surface area contributed by atoms with E-state index in [1.165, 1.54) is 7.11 Å². The van der Waals surface area contributed by atoms with Crippen molar-refractivity contribution in [1.82, 2.24) is 24.2 Å². The highest BCUT2D eigenvalue weighted by atomic mass is 16.5. The summed E-state index contributed by atoms with van der Waals surface area (Å²) in [5, 5.41) is 6.25. The normalized spacial score (nSPS) is 19.6. The third kappa shape index (κ3) is 3.41. The zero-order chi connectivity index (χ0) is 22.4. The molecule has 4 aliphatic heterocycles. The lowest BCUT2D eigenvalue weighted by Crippen LogP contribution is -2.49. The van der Waals surface area contributed by atoms with Gasteiger partial charge in [0.05, 0.1) is 12.7 Å². The van der Waals surface area contributed by atoms with Gasteiger partial charge in [0.15, 0.2) is 0 Å². The number of hydrogen-bond donors (Lipinski definition) is 1. The van der Waals surface area contributed by atoms with Crippen LogP contribution in [0.2, 0.25) is 0 Å². The van der Waals surface area contributed by atoms with E-state index < -0.39 is 11.5 Å². The Hall–Kier alpha value is -3.69. The second-order valence-corrected chi connectivity index (χ2v) is 8.46. The number of H-pyrrole nitrogens is 1. The molecule has 10 heteroatoms. The Labute approximate surface area is 182 Å². The van der Waals surface area contributed by atoms with Gasteiger partial charge in [0.1, 0.15) is 11.3 Å². The highest BCUT2D eigenvalue weighted by Crippen LogP contribution is 2.35. The molecular weight excluding hydrogens is 414 g/mol. The first-order valence-electron chi connectivity index (χ1n) is 10.6. The SMILES string of the molecule is COC(=O)c1cn(CCC(=O)N2C[C@H]3C[C@@H](C2)c2cccc(=O)n2C3)cc2c(=O)[nH]nc1-2. The number of methoxy groups -OCH3 is 1. The molecule has 32 heavy (non-hydrogen) atoms. The van der Waals surface area contributed by atoms with E-state index >= 15 is 0 Å². The maximum Gasteiger partial charge on any atom is 0.341 e. The molecule has 0 spiro atoms. The van der Waals surface area contributed by atoms with Gasteiger partial charge in [-0.15, -0.1) is 0 Å². The van der Waals surface area contributed by atoms with Crippen molar-refractivity contribution in [2.75, 3.05) is 20.2 Å². The zero-order valence-corrected chi connectivity index (χ0v) is 17.6. The average Bonchev–Trinajstić information content (AvgIpc) is 3.17. The second-order valence-electron chi connectivity index (χ2n) is 8.46. The van der Waals surface area contributed by atoms with Gasteiger partial charge in [-0.25, -0.2) is 9.89 Å². The van der Waals surface area contributed by atoms with E-state index in [0.29, 0.717) is 26.2 Å². The van der Waals surface area contributed by atoms with Gasteiger partial charge in [-0.3, -0.25) is 14.4 Å². The van der Waals surface area contributed by atoms with Crippen LogP contribution in [0.15, 0.2) is 40.2 Å². The van der Waals surface area contributed by atoms with E-state index in [4.69, 9.17) is 4.74 Å². The molecular formula is C22H23N5O5. The second kappa shape index (κ2) is 7.77. The number of aromatic amines is 1. The van der Waals surface area contributed by atoms with E-state index in [9.17, 15) is 19.2 Å². The van der Waals surface area contributed by atoms with Crippen LogP contribution in [0.25, 0.3) is 11.3 Å². The van der Waals surface area contributed by atoms with Gasteiger partial charge in [-0.2, -0.15) is 5.10 Å². The van der Waals surface area contributed by atoms with Crippen molar-refractivity contribution >= 4 is 11.9 Å². The first kappa shape index (κ1) is 20.2. The van der Waals surface area contributed by atoms with Crippen LogP contribution in [0.4, 0.5) is 0 Å². The maximum absolute atomic E-state index is 13.0. The van der Waals surface area contributed by atoms with Crippen LogP contribution in [-0.4, -0.2) is 56.3 Å². The molecule has 2 bridgehead atoms. The molecule has 1 aromatic rings. The summed E-state index contributed by atoms with van der Waals surface area (Å²) in [4.78, 5) is 51.2. The van der Waals surface area contributed by atoms with E-state index in [-0.39, 0.29) is 46.5 Å². The van der Waals surface area contributed by atoms with E-state index in [0.717, 1.165) is 12.1 Å². The molecule has 0 unspecified atom stereocenters. The van der Waals surface area contributed by atoms with Gasteiger partial charge in [0.25, 0.3) is 11.1 Å². The van der Waals surface area contributed by atoms with Crippen LogP contribution >= 0.6 is 0 Å². The molecule has 0 aromatic carbocycles. The fraction of sp³-hybridized carbons (Fsp3) is 0.409. The van der Waals surface area contributed by atoms with Crippen molar-refractivity contribution in [2.24, 2.45) is 5.92 Å². The Morgan fingerprint density at radius 1 is 1.19 bits per heavy atom. The first-order valence-corrected chi connectivity index (χ1v) is 10.6. The van der Waals surface area contributed by atoms with Crippen LogP contribution < -0.4 is 11.1 Å². The van der Waals surface area contributed by atoms with E-state index in [1.54, 1.807) is 29.1 Å². The van der Waals surface area contributed by atoms with Crippen LogP contribution in [0.3, 0.4) is 0 Å². The summed E-state index contributed by atoms with van der Waals surface area (Å²) in [6.07, 6.45) is 4.35. The number of likely N-dealkylation sites (tertiary alicyclic amines) is 1. The predicted octanol–water partition coefficient (Wildman–Crippen LogP) is 0.660. The molecule has 10 nitrogen and oxygen atoms in total. The number of pyridine rings is 2. The molecule has 1 aromatic heterocycles. The lowest BCUT2D eigenvalue weighted by molar-refractivity contribution is -0.134. The van der Waals surface area contributed by atoms with Crippen molar-refractivity contribution in [3.05, 3.63) is 62.6 Å². The standard InChI is InChI=1S/C22H23N5O5/c1-32-22(31)16-12-25(11-15-20(16)23-24-21(15)30)6-5-18(28)26-8-13-7-14(10-26)17-3-2-4-19(29)27(17)9-13/h2-4,11-14H,5-10H2,1H3,(H,24,30)/t13-,14+/m1/s1. The number of aryl methyl sites for hydroxylation is 1. The largest absolute Gasteiger partial charge is 0.465 e. The highest BCUT2D eigenvalue weighted by Gasteiger charge is 2.36. The quantitative estimate of drug-likeness (QED) is 0.599. The van der Waals surface area contributed by atoms with Gasteiger partial charge >= 0.3 is 5.97 Å². The van der Waals surface area contributed by atoms with Crippen LogP contribution in [0.1, 0.15) is 34.8 Å². The summed E-state index contributed by atoms with van der Waals surface area (Å²) in [6.45, 7) is 2.16. The van der Waals surface area contributed by atoms with Crippen molar-refractivity contribution in [2.45, 2.75) is 31.8 Å². The summed E-state index contributed by atoms with van der Waals surface area (Å²) >= 11 is 0. The number of carbonyl (C=O) groups excluding carboxylic acids is 2. The number of ether oxygens (including phenoxy) is 1. The average molecular weight is 437 g/mol. The molecule has 0 aliphatic carbocycles. The topological polar surface area (TPSA) is 119 Å². The summed E-state index contributed by atoms with van der Waals surface area (Å²) in [6, 6.07) is 5.33. The summed E-state index contributed by atoms with van der Waals surface area (Å²) in [5.41, 5.74) is 1.31. The number of nitrogens with one attached hydrogen (secondary N) is 1. The van der Waals surface area contributed by atoms with Crippen LogP contribution in [0.5, 0.6) is 0 Å². The number of fused-ring (bicyclic) bond motifs is 5. The summed E-state index contributed by atoms with van der Waals surface area (Å²) in [7, 11) is 1.26. The Morgan fingerprint density at radius 3 is 2.84 bits per heavy atom. The molecule has 166 valence electrons. The third-order valence-corrected chi connectivity index (χ3v) is 6.44. The van der Waals surface area contributed by atoms with Gasteiger partial charge in [-0.1, -0.05) is 6.07 Å². The fourth-order valence-corrected chi connectivity index (χ4v) is 4.96. The van der Waals surface area contributed by atoms with Gasteiger partial charge < -0.3 is 18.8 Å². The number of hydrogen-bond acceptors (Lipinski definition) is 6. The summed E-state index contributed by atoms with van der Waals surface area (Å²) in [5.74, 6) is -0.175. The maximum atomic E-state index is 13.0. The Morgan fingerprint density at radius 2 is 2.03 bits per heavy atom. The van der Waals surface area contributed by atoms with Gasteiger partial charge in [0.2, 0.25) is 5.91 Å². The number of amides is 1. The summed E-state index contributed by atoms with van der Waals surface area (Å²) < 4.78 is 8.30. The molecule has 1 amide bonds. The van der Waals surface area contributed by atoms with Crippen LogP contribution in [0, 0.1) is 5.92 Å². The van der Waals surface area contributed by atoms with E-state index in [2.05, 4.69) is 10.2 Å². The minimum atomic E-state index is -0.597. The number of nitrogens with zero attached hydrogens (tertiary/aromatic N) is 4. The lowest BCUT2D eigenvalue weighted by atomic mass is 9.83. The molecule has 1 N–H and O–H groups in total. The van der Waals surface area contributed by atoms with Gasteiger partial charge in [-0.05, 0) is 18.4 Å². The van der Waals surface area contributed by atoms with Crippen molar-refractivity contribution in [3.63, 3.8) is 0 Å². The molecule has 5 rings (SSSR count). The molecule has 1 saturated heterocycles. The zero-order valence-electron chi connectivity index (χ0n) is 17.6. The predicted molar refractivity (Wildman–Crippen MR) is 114 cm³/mol. The fourth-order valence-electron chi connectivity index (χ4n) is 4.96. The first-order chi connectivity index (χ1) is 15.4. The van der Waals surface area contributed by atoms with Gasteiger partial charge in [0, 0.05) is 62.7 Å². The van der Waals surface area contributed by atoms with Crippen molar-refractivity contribution in [1.29, 1.82) is 0 Å². The third-order valence-electron chi connectivity index (χ3n) is 6.44. The highest BCUT2D eigenvalue weighted by molar-refractivity contribution is 5.95. The number of piperidine rings is 1. The van der Waals surface area contributed by atoms with Crippen LogP contribution in [-0.2, 0) is 22.6 Å². The number of aromatic nitrogens is 4. The number of carbonyl (C=O) groups is 2. The smallest absolute Gasteiger partial charge is 0.341 e. The monoisotopic (exact) mass is 437 g/mol. The molecule has 4 aliphatic rings. The Balaban J connectivity index is 1.33. The molecule has 0 saturated carbocycles. The molecule has 5 heterocycles. The minimum Gasteiger partial charge on any atom is -0.465 e. The Kier molecular flexibility index (Phi) is 4.91. The van der Waals surface area contributed by atoms with Crippen molar-refractivity contribution < 1.29 is 14.3 Å². The number of rotatable bonds is 4. The molecule has 1 fully saturated rings. The lowest BCUT2D eigenvalue weighted by Gasteiger charge is -2.42. The van der Waals surface area contributed by atoms with Crippen molar-refractivity contribution in [3.8, 4) is 11.3 Å². The van der Waals surface area contributed by atoms with E-state index in [1.807, 2.05) is 15.5 Å².